The number of amides is 1. The predicted octanol–water partition coefficient (Wildman–Crippen LogP) is 6.36. The van der Waals surface area contributed by atoms with Crippen molar-refractivity contribution in [2.24, 2.45) is 5.10 Å². The summed E-state index contributed by atoms with van der Waals surface area (Å²) < 4.78 is 38.9. The molecule has 0 fully saturated rings. The molecule has 0 bridgehead atoms. The summed E-state index contributed by atoms with van der Waals surface area (Å²) in [6.45, 7) is 0. The van der Waals surface area contributed by atoms with Crippen molar-refractivity contribution in [1.82, 2.24) is 10.3 Å². The summed E-state index contributed by atoms with van der Waals surface area (Å²) in [6.07, 6.45) is -2.90. The van der Waals surface area contributed by atoms with Crippen molar-refractivity contribution in [2.75, 3.05) is 5.43 Å². The Hall–Kier alpha value is -2.81. The molecule has 1 heterocycles. The Morgan fingerprint density at radius 2 is 1.72 bits per heavy atom. The van der Waals surface area contributed by atoms with Gasteiger partial charge in [0.25, 0.3) is 0 Å². The quantitative estimate of drug-likeness (QED) is 0.234. The van der Waals surface area contributed by atoms with Gasteiger partial charge in [-0.05, 0) is 35.9 Å². The van der Waals surface area contributed by atoms with E-state index in [1.807, 2.05) is 0 Å². The second kappa shape index (κ2) is 10.2. The second-order valence-electron chi connectivity index (χ2n) is 6.43. The van der Waals surface area contributed by atoms with E-state index in [-0.39, 0.29) is 10.7 Å². The number of hydrogen-bond acceptors (Lipinski definition) is 4. The maximum Gasteiger partial charge on any atom is 0.417 e. The fourth-order valence-electron chi connectivity index (χ4n) is 2.74. The fraction of sp³-hybridized carbons (Fsp3) is 0.0952. The summed E-state index contributed by atoms with van der Waals surface area (Å²) in [5, 5.41) is 6.89. The summed E-state index contributed by atoms with van der Waals surface area (Å²) >= 11 is 18.0. The van der Waals surface area contributed by atoms with Crippen LogP contribution in [0.15, 0.2) is 65.9 Å². The Morgan fingerprint density at radius 3 is 2.34 bits per heavy atom. The number of carbonyl (C=O) groups is 1. The average molecular weight is 502 g/mol. The molecular formula is C21H14Cl3F3N4O. The number of carbonyl (C=O) groups excluding carboxylic acids is 1. The van der Waals surface area contributed by atoms with Gasteiger partial charge in [0, 0.05) is 11.2 Å². The Labute approximate surface area is 196 Å². The highest BCUT2D eigenvalue weighted by atomic mass is 35.5. The van der Waals surface area contributed by atoms with E-state index in [0.29, 0.717) is 27.5 Å². The molecule has 1 aromatic heterocycles. The third kappa shape index (κ3) is 5.91. The summed E-state index contributed by atoms with van der Waals surface area (Å²) in [7, 11) is 0. The Morgan fingerprint density at radius 1 is 1.03 bits per heavy atom. The van der Waals surface area contributed by atoms with Gasteiger partial charge in [0.1, 0.15) is 12.3 Å². The van der Waals surface area contributed by atoms with E-state index in [4.69, 9.17) is 34.8 Å². The van der Waals surface area contributed by atoms with Gasteiger partial charge in [0.2, 0.25) is 5.91 Å². The van der Waals surface area contributed by atoms with Crippen LogP contribution in [-0.2, 0) is 11.0 Å². The molecule has 1 atom stereocenters. The van der Waals surface area contributed by atoms with Gasteiger partial charge < -0.3 is 5.32 Å². The minimum atomic E-state index is -4.62. The summed E-state index contributed by atoms with van der Waals surface area (Å²) in [5.74, 6) is -1.74. The van der Waals surface area contributed by atoms with Crippen LogP contribution in [0.1, 0.15) is 22.7 Å². The van der Waals surface area contributed by atoms with Crippen LogP contribution in [0.5, 0.6) is 0 Å². The first-order valence-corrected chi connectivity index (χ1v) is 10.1. The number of pyridine rings is 1. The van der Waals surface area contributed by atoms with Crippen molar-refractivity contribution >= 4 is 52.7 Å². The van der Waals surface area contributed by atoms with Gasteiger partial charge in [0.05, 0.1) is 27.0 Å². The van der Waals surface area contributed by atoms with E-state index in [1.54, 1.807) is 48.5 Å². The van der Waals surface area contributed by atoms with Crippen LogP contribution in [0.4, 0.5) is 18.9 Å². The van der Waals surface area contributed by atoms with Crippen LogP contribution in [-0.4, -0.2) is 17.2 Å². The van der Waals surface area contributed by atoms with Crippen molar-refractivity contribution in [2.45, 2.75) is 12.1 Å². The van der Waals surface area contributed by atoms with Gasteiger partial charge in [-0.2, -0.15) is 18.3 Å². The second-order valence-corrected chi connectivity index (χ2v) is 7.68. The third-order valence-corrected chi connectivity index (χ3v) is 5.15. The smallest absolute Gasteiger partial charge is 0.315 e. The molecule has 0 aliphatic heterocycles. The number of para-hydroxylation sites is 1. The van der Waals surface area contributed by atoms with E-state index in [1.165, 1.54) is 0 Å². The van der Waals surface area contributed by atoms with Crippen molar-refractivity contribution in [3.63, 3.8) is 0 Å². The number of anilines is 1. The number of halogens is 6. The molecule has 1 amide bonds. The fourth-order valence-corrected chi connectivity index (χ4v) is 3.32. The number of rotatable bonds is 6. The molecule has 5 nitrogen and oxygen atoms in total. The molecule has 32 heavy (non-hydrogen) atoms. The number of hydrogen-bond donors (Lipinski definition) is 2. The number of aromatic nitrogens is 1. The predicted molar refractivity (Wildman–Crippen MR) is 119 cm³/mol. The van der Waals surface area contributed by atoms with E-state index < -0.39 is 23.6 Å². The molecule has 0 saturated heterocycles. The van der Waals surface area contributed by atoms with Crippen molar-refractivity contribution in [3.8, 4) is 0 Å². The minimum Gasteiger partial charge on any atom is -0.315 e. The Kier molecular flexibility index (Phi) is 7.60. The molecule has 2 N–H and O–H groups in total. The van der Waals surface area contributed by atoms with Crippen LogP contribution in [0.25, 0.3) is 0 Å². The van der Waals surface area contributed by atoms with Crippen molar-refractivity contribution in [3.05, 3.63) is 92.7 Å². The molecule has 11 heteroatoms. The third-order valence-electron chi connectivity index (χ3n) is 4.27. The highest BCUT2D eigenvalue weighted by Gasteiger charge is 2.33. The van der Waals surface area contributed by atoms with Gasteiger partial charge >= 0.3 is 6.18 Å². The average Bonchev–Trinajstić information content (AvgIpc) is 2.74. The van der Waals surface area contributed by atoms with Gasteiger partial charge in [-0.3, -0.25) is 15.2 Å². The topological polar surface area (TPSA) is 66.4 Å². The van der Waals surface area contributed by atoms with E-state index in [9.17, 15) is 18.0 Å². The number of hydrazone groups is 1. The van der Waals surface area contributed by atoms with E-state index in [2.05, 4.69) is 20.8 Å². The molecule has 0 spiro atoms. The molecule has 3 rings (SSSR count). The molecule has 166 valence electrons. The van der Waals surface area contributed by atoms with Crippen LogP contribution in [0, 0.1) is 0 Å². The van der Waals surface area contributed by atoms with Gasteiger partial charge in [-0.15, -0.1) is 0 Å². The van der Waals surface area contributed by atoms with Crippen molar-refractivity contribution < 1.29 is 18.0 Å². The highest BCUT2D eigenvalue weighted by Crippen LogP contribution is 2.35. The lowest BCUT2D eigenvalue weighted by Gasteiger charge is -2.18. The number of nitrogens with zero attached hydrogens (tertiary/aromatic N) is 2. The van der Waals surface area contributed by atoms with Crippen LogP contribution in [0.2, 0.25) is 15.1 Å². The lowest BCUT2D eigenvalue weighted by molar-refractivity contribution is -0.137. The number of nitrogens with one attached hydrogen (secondary N) is 2. The largest absolute Gasteiger partial charge is 0.417 e. The van der Waals surface area contributed by atoms with Gasteiger partial charge in [0.15, 0.2) is 0 Å². The first kappa shape index (κ1) is 23.8. The molecule has 2 aromatic carbocycles. The SMILES string of the molecule is O=C(NC=NNc1ccccc1Cl)[C@H](c1ccc(Cl)cc1)c1ncc(C(F)(F)F)cc1Cl. The zero-order valence-corrected chi connectivity index (χ0v) is 18.3. The van der Waals surface area contributed by atoms with Crippen LogP contribution < -0.4 is 10.7 Å². The summed E-state index contributed by atoms with van der Waals surface area (Å²) in [6, 6.07) is 13.8. The van der Waals surface area contributed by atoms with E-state index in [0.717, 1.165) is 12.4 Å². The van der Waals surface area contributed by atoms with Crippen LogP contribution in [0.3, 0.4) is 0 Å². The zero-order valence-electron chi connectivity index (χ0n) is 16.0. The molecule has 0 saturated carbocycles. The first-order valence-electron chi connectivity index (χ1n) is 8.97. The van der Waals surface area contributed by atoms with Gasteiger partial charge in [-0.1, -0.05) is 59.1 Å². The Balaban J connectivity index is 1.86. The molecular weight excluding hydrogens is 488 g/mol. The summed E-state index contributed by atoms with van der Waals surface area (Å²) in [4.78, 5) is 16.8. The van der Waals surface area contributed by atoms with E-state index >= 15 is 0 Å². The standard InChI is InChI=1S/C21H14Cl3F3N4O/c22-14-7-5-12(6-8-14)18(19-16(24)9-13(10-28-19)21(25,26)27)20(32)29-11-30-31-17-4-2-1-3-15(17)23/h1-11,18,31H,(H,29,30,32)/t18-/m1/s1. The molecule has 0 radical (unpaired) electrons. The van der Waals surface area contributed by atoms with Crippen molar-refractivity contribution in [1.29, 1.82) is 0 Å². The number of alkyl halides is 3. The van der Waals surface area contributed by atoms with Gasteiger partial charge in [-0.25, -0.2) is 0 Å². The highest BCUT2D eigenvalue weighted by molar-refractivity contribution is 6.33. The molecule has 0 aliphatic carbocycles. The minimum absolute atomic E-state index is 0.0491. The maximum absolute atomic E-state index is 13.0. The van der Waals surface area contributed by atoms with Crippen LogP contribution >= 0.6 is 34.8 Å². The molecule has 0 unspecified atom stereocenters. The monoisotopic (exact) mass is 500 g/mol. The normalized spacial score (nSPS) is 12.6. The maximum atomic E-state index is 13.0. The lowest BCUT2D eigenvalue weighted by Crippen LogP contribution is -2.30. The lowest BCUT2D eigenvalue weighted by atomic mass is 9.94. The first-order chi connectivity index (χ1) is 15.2. The Bertz CT molecular complexity index is 1140. The zero-order chi connectivity index (χ0) is 23.3. The molecule has 0 aliphatic rings. The summed E-state index contributed by atoms with van der Waals surface area (Å²) in [5.41, 5.74) is 2.54. The number of benzene rings is 2. The molecule has 3 aromatic rings.